The number of carbonyl (C=O) groups is 1. The van der Waals surface area contributed by atoms with Crippen molar-refractivity contribution >= 4 is 39.2 Å². The van der Waals surface area contributed by atoms with Crippen LogP contribution >= 0.6 is 27.3 Å². The molecule has 4 rings (SSSR count). The Balaban J connectivity index is 2.01. The van der Waals surface area contributed by atoms with E-state index in [-0.39, 0.29) is 11.5 Å². The van der Waals surface area contributed by atoms with E-state index in [1.807, 2.05) is 51.1 Å². The molecule has 1 aromatic heterocycles. The van der Waals surface area contributed by atoms with Gasteiger partial charge in [-0.25, -0.2) is 4.99 Å². The van der Waals surface area contributed by atoms with E-state index in [1.54, 1.807) is 42.9 Å². The maximum atomic E-state index is 14.0. The van der Waals surface area contributed by atoms with Crippen LogP contribution in [0.1, 0.15) is 37.9 Å². The molecule has 8 nitrogen and oxygen atoms in total. The zero-order valence-electron chi connectivity index (χ0n) is 22.2. The number of fused-ring (bicyclic) bond motifs is 1. The maximum absolute atomic E-state index is 14.0. The molecule has 0 saturated carbocycles. The second kappa shape index (κ2) is 11.6. The Labute approximate surface area is 233 Å². The quantitative estimate of drug-likeness (QED) is 0.392. The molecule has 0 spiro atoms. The molecule has 3 aromatic rings. The Morgan fingerprint density at radius 2 is 1.76 bits per heavy atom. The number of allylic oxidation sites excluding steroid dienone is 1. The van der Waals surface area contributed by atoms with E-state index in [4.69, 9.17) is 19.2 Å². The number of hydrogen-bond donors (Lipinski definition) is 0. The van der Waals surface area contributed by atoms with E-state index < -0.39 is 6.04 Å². The number of amides is 1. The molecule has 0 aliphatic carbocycles. The number of carbonyl (C=O) groups excluding carboxylic acids is 1. The minimum atomic E-state index is -0.742. The number of rotatable bonds is 8. The van der Waals surface area contributed by atoms with E-state index in [0.29, 0.717) is 56.5 Å². The first-order valence-electron chi connectivity index (χ1n) is 12.1. The molecular weight excluding hydrogens is 570 g/mol. The number of likely N-dealkylation sites (N-methyl/N-ethyl adjacent to an activating group) is 1. The van der Waals surface area contributed by atoms with Gasteiger partial charge in [0.2, 0.25) is 0 Å². The highest BCUT2D eigenvalue weighted by Crippen LogP contribution is 2.38. The van der Waals surface area contributed by atoms with Crippen molar-refractivity contribution in [3.8, 4) is 17.2 Å². The van der Waals surface area contributed by atoms with Gasteiger partial charge in [-0.2, -0.15) is 0 Å². The van der Waals surface area contributed by atoms with E-state index in [2.05, 4.69) is 15.9 Å². The van der Waals surface area contributed by atoms with Gasteiger partial charge in [-0.15, -0.1) is 0 Å². The first-order chi connectivity index (χ1) is 18.3. The van der Waals surface area contributed by atoms with Gasteiger partial charge in [0, 0.05) is 18.7 Å². The molecule has 200 valence electrons. The molecule has 38 heavy (non-hydrogen) atoms. The number of aromatic nitrogens is 1. The summed E-state index contributed by atoms with van der Waals surface area (Å²) < 4.78 is 19.4. The highest BCUT2D eigenvalue weighted by Gasteiger charge is 2.36. The van der Waals surface area contributed by atoms with Gasteiger partial charge in [-0.1, -0.05) is 17.4 Å². The summed E-state index contributed by atoms with van der Waals surface area (Å²) in [7, 11) is 4.75. The molecule has 10 heteroatoms. The number of hydrogen-bond acceptors (Lipinski definition) is 7. The van der Waals surface area contributed by atoms with Crippen molar-refractivity contribution in [2.45, 2.75) is 26.8 Å². The lowest BCUT2D eigenvalue weighted by molar-refractivity contribution is -0.127. The Morgan fingerprint density at radius 1 is 1.08 bits per heavy atom. The average Bonchev–Trinajstić information content (AvgIpc) is 3.22. The lowest BCUT2D eigenvalue weighted by atomic mass is 9.93. The highest BCUT2D eigenvalue weighted by atomic mass is 79.9. The molecule has 0 bridgehead atoms. The normalized spacial score (nSPS) is 15.1. The topological polar surface area (TPSA) is 82.4 Å². The molecule has 0 saturated heterocycles. The van der Waals surface area contributed by atoms with Crippen molar-refractivity contribution in [1.29, 1.82) is 0 Å². The van der Waals surface area contributed by atoms with Crippen LogP contribution in [-0.4, -0.2) is 49.8 Å². The molecule has 0 radical (unpaired) electrons. The van der Waals surface area contributed by atoms with Crippen LogP contribution in [0.5, 0.6) is 17.2 Å². The average molecular weight is 601 g/mol. The summed E-state index contributed by atoms with van der Waals surface area (Å²) in [4.78, 5) is 34.8. The van der Waals surface area contributed by atoms with Crippen LogP contribution in [0.2, 0.25) is 0 Å². The van der Waals surface area contributed by atoms with Crippen molar-refractivity contribution in [3.63, 3.8) is 0 Å². The molecular formula is C28H30BrN3O5S. The SMILES string of the molecule is CCN(CC)C(=O)C1=C(C)N=c2s/c(=C/c3ccc(OC)c(Br)c3)c(=O)n2[C@H]1c1cc(OC)ccc1OC. The van der Waals surface area contributed by atoms with E-state index in [1.165, 1.54) is 11.3 Å². The largest absolute Gasteiger partial charge is 0.497 e. The summed E-state index contributed by atoms with van der Waals surface area (Å²) in [5.74, 6) is 1.67. The first kappa shape index (κ1) is 27.7. The van der Waals surface area contributed by atoms with E-state index in [9.17, 15) is 9.59 Å². The summed E-state index contributed by atoms with van der Waals surface area (Å²) in [6, 6.07) is 10.3. The second-order valence-corrected chi connectivity index (χ2v) is 10.4. The van der Waals surface area contributed by atoms with Gasteiger partial charge >= 0.3 is 0 Å². The van der Waals surface area contributed by atoms with Crippen LogP contribution in [0.15, 0.2) is 61.9 Å². The smallest absolute Gasteiger partial charge is 0.271 e. The Bertz CT molecular complexity index is 1590. The van der Waals surface area contributed by atoms with E-state index in [0.717, 1.165) is 10.0 Å². The lowest BCUT2D eigenvalue weighted by Gasteiger charge is -2.30. The number of halogens is 1. The monoisotopic (exact) mass is 599 g/mol. The van der Waals surface area contributed by atoms with Crippen molar-refractivity contribution in [2.75, 3.05) is 34.4 Å². The third-order valence-electron chi connectivity index (χ3n) is 6.51. The van der Waals surface area contributed by atoms with Crippen LogP contribution in [-0.2, 0) is 4.79 Å². The zero-order valence-corrected chi connectivity index (χ0v) is 24.6. The van der Waals surface area contributed by atoms with Crippen molar-refractivity contribution in [3.05, 3.63) is 83.0 Å². The molecule has 1 aliphatic heterocycles. The fraction of sp³-hybridized carbons (Fsp3) is 0.321. The summed E-state index contributed by atoms with van der Waals surface area (Å²) in [6.07, 6.45) is 1.82. The van der Waals surface area contributed by atoms with Crippen molar-refractivity contribution < 1.29 is 19.0 Å². The third kappa shape index (κ3) is 5.02. The van der Waals surface area contributed by atoms with Crippen LogP contribution < -0.4 is 29.1 Å². The fourth-order valence-electron chi connectivity index (χ4n) is 4.55. The van der Waals surface area contributed by atoms with Crippen molar-refractivity contribution in [2.24, 2.45) is 4.99 Å². The van der Waals surface area contributed by atoms with Crippen LogP contribution in [0.4, 0.5) is 0 Å². The predicted molar refractivity (Wildman–Crippen MR) is 152 cm³/mol. The minimum Gasteiger partial charge on any atom is -0.497 e. The number of nitrogens with zero attached hydrogens (tertiary/aromatic N) is 3. The van der Waals surface area contributed by atoms with Gasteiger partial charge in [0.25, 0.3) is 11.5 Å². The van der Waals surface area contributed by atoms with Crippen molar-refractivity contribution in [1.82, 2.24) is 9.47 Å². The highest BCUT2D eigenvalue weighted by molar-refractivity contribution is 9.10. The maximum Gasteiger partial charge on any atom is 0.271 e. The Hall–Kier alpha value is -3.37. The van der Waals surface area contributed by atoms with Gasteiger partial charge in [0.15, 0.2) is 4.80 Å². The molecule has 2 aromatic carbocycles. The van der Waals surface area contributed by atoms with Crippen LogP contribution in [0.3, 0.4) is 0 Å². The molecule has 0 N–H and O–H groups in total. The summed E-state index contributed by atoms with van der Waals surface area (Å²) >= 11 is 4.79. The number of methoxy groups -OCH3 is 3. The van der Waals surface area contributed by atoms with Crippen LogP contribution in [0.25, 0.3) is 6.08 Å². The molecule has 1 amide bonds. The molecule has 0 fully saturated rings. The molecule has 1 aliphatic rings. The van der Waals surface area contributed by atoms with Gasteiger partial charge in [0.1, 0.15) is 23.3 Å². The summed E-state index contributed by atoms with van der Waals surface area (Å²) in [5, 5.41) is 0. The number of ether oxygens (including phenoxy) is 3. The zero-order chi connectivity index (χ0) is 27.6. The third-order valence-corrected chi connectivity index (χ3v) is 8.11. The van der Waals surface area contributed by atoms with Gasteiger partial charge in [-0.3, -0.25) is 14.2 Å². The van der Waals surface area contributed by atoms with Gasteiger partial charge < -0.3 is 19.1 Å². The molecule has 0 unspecified atom stereocenters. The second-order valence-electron chi connectivity index (χ2n) is 8.56. The summed E-state index contributed by atoms with van der Waals surface area (Å²) in [6.45, 7) is 6.74. The number of benzene rings is 2. The summed E-state index contributed by atoms with van der Waals surface area (Å²) in [5.41, 5.74) is 2.24. The van der Waals surface area contributed by atoms with Gasteiger partial charge in [-0.05, 0) is 78.7 Å². The molecule has 2 heterocycles. The first-order valence-corrected chi connectivity index (χ1v) is 13.8. The minimum absolute atomic E-state index is 0.167. The lowest BCUT2D eigenvalue weighted by Crippen LogP contribution is -2.43. The predicted octanol–water partition coefficient (Wildman–Crippen LogP) is 3.89. The number of thiazole rings is 1. The standard InChI is InChI=1S/C28H30BrN3O5S/c1-7-31(8-2)27(34)24-16(3)30-28-32(25(24)19-15-18(35-4)10-12-21(19)36-5)26(33)23(38-28)14-17-9-11-22(37-6)20(29)13-17/h9-15,25H,7-8H2,1-6H3/b23-14+/t25-/m0/s1. The fourth-order valence-corrected chi connectivity index (χ4v) is 6.15. The van der Waals surface area contributed by atoms with E-state index >= 15 is 0 Å². The van der Waals surface area contributed by atoms with Gasteiger partial charge in [0.05, 0.1) is 41.6 Å². The van der Waals surface area contributed by atoms with Crippen LogP contribution in [0, 0.1) is 0 Å². The Morgan fingerprint density at radius 3 is 2.37 bits per heavy atom. The molecule has 1 atom stereocenters. The Kier molecular flexibility index (Phi) is 8.42.